The predicted octanol–water partition coefficient (Wildman–Crippen LogP) is 3.08. The zero-order valence-electron chi connectivity index (χ0n) is 11.6. The summed E-state index contributed by atoms with van der Waals surface area (Å²) in [6, 6.07) is 12.5. The zero-order valence-corrected chi connectivity index (χ0v) is 13.1. The summed E-state index contributed by atoms with van der Waals surface area (Å²) in [5, 5.41) is 0. The van der Waals surface area contributed by atoms with E-state index in [-0.39, 0.29) is 12.7 Å². The standard InChI is InChI=1S/C16H13BrN2O3/c1-10(12-4-7-14-15(8-12)22-9-21-14)18-19-16(20)11-2-5-13(17)6-3-11/h2-8,18H,1,9H2,(H,19,20). The first-order chi connectivity index (χ1) is 10.6. The lowest BCUT2D eigenvalue weighted by molar-refractivity contribution is 0.0942. The molecule has 0 bridgehead atoms. The summed E-state index contributed by atoms with van der Waals surface area (Å²) in [6.45, 7) is 4.12. The van der Waals surface area contributed by atoms with Crippen molar-refractivity contribution in [3.63, 3.8) is 0 Å². The largest absolute Gasteiger partial charge is 0.454 e. The van der Waals surface area contributed by atoms with Crippen molar-refractivity contribution in [1.29, 1.82) is 0 Å². The highest BCUT2D eigenvalue weighted by molar-refractivity contribution is 9.10. The van der Waals surface area contributed by atoms with Gasteiger partial charge in [-0.25, -0.2) is 0 Å². The van der Waals surface area contributed by atoms with Gasteiger partial charge in [0, 0.05) is 15.6 Å². The number of rotatable bonds is 4. The van der Waals surface area contributed by atoms with Gasteiger partial charge in [0.1, 0.15) is 0 Å². The molecule has 1 amide bonds. The first-order valence-electron chi connectivity index (χ1n) is 6.54. The van der Waals surface area contributed by atoms with Crippen molar-refractivity contribution in [3.05, 3.63) is 64.6 Å². The first kappa shape index (κ1) is 14.5. The van der Waals surface area contributed by atoms with Gasteiger partial charge >= 0.3 is 0 Å². The van der Waals surface area contributed by atoms with Crippen LogP contribution < -0.4 is 20.3 Å². The fourth-order valence-corrected chi connectivity index (χ4v) is 2.23. The lowest BCUT2D eigenvalue weighted by atomic mass is 10.1. The fraction of sp³-hybridized carbons (Fsp3) is 0.0625. The van der Waals surface area contributed by atoms with Crippen molar-refractivity contribution in [2.75, 3.05) is 6.79 Å². The molecule has 5 nitrogen and oxygen atoms in total. The molecule has 0 spiro atoms. The number of carbonyl (C=O) groups is 1. The molecule has 0 atom stereocenters. The molecule has 1 aliphatic heterocycles. The van der Waals surface area contributed by atoms with E-state index in [1.165, 1.54) is 0 Å². The molecule has 0 aromatic heterocycles. The molecule has 112 valence electrons. The number of benzene rings is 2. The summed E-state index contributed by atoms with van der Waals surface area (Å²) >= 11 is 3.33. The molecule has 1 heterocycles. The number of fused-ring (bicyclic) bond motifs is 1. The third kappa shape index (κ3) is 3.07. The van der Waals surface area contributed by atoms with Crippen molar-refractivity contribution >= 4 is 27.5 Å². The molecule has 0 radical (unpaired) electrons. The number of hydrogen-bond donors (Lipinski definition) is 2. The van der Waals surface area contributed by atoms with Crippen LogP contribution in [0.1, 0.15) is 15.9 Å². The Hall–Kier alpha value is -2.47. The summed E-state index contributed by atoms with van der Waals surface area (Å²) in [4.78, 5) is 12.0. The molecule has 2 N–H and O–H groups in total. The molecule has 2 aromatic carbocycles. The van der Waals surface area contributed by atoms with Crippen molar-refractivity contribution in [2.24, 2.45) is 0 Å². The van der Waals surface area contributed by atoms with Crippen LogP contribution in [0.5, 0.6) is 11.5 Å². The van der Waals surface area contributed by atoms with E-state index < -0.39 is 0 Å². The number of hydrogen-bond acceptors (Lipinski definition) is 4. The van der Waals surface area contributed by atoms with Crippen LogP contribution in [0.2, 0.25) is 0 Å². The minimum atomic E-state index is -0.241. The molecule has 1 aliphatic rings. The topological polar surface area (TPSA) is 59.6 Å². The summed E-state index contributed by atoms with van der Waals surface area (Å²) in [6.07, 6.45) is 0. The number of hydrazine groups is 1. The van der Waals surface area contributed by atoms with Gasteiger partial charge < -0.3 is 9.47 Å². The van der Waals surface area contributed by atoms with Crippen LogP contribution in [-0.4, -0.2) is 12.7 Å². The van der Waals surface area contributed by atoms with Crippen molar-refractivity contribution < 1.29 is 14.3 Å². The van der Waals surface area contributed by atoms with E-state index in [9.17, 15) is 4.79 Å². The van der Waals surface area contributed by atoms with Gasteiger partial charge in [-0.15, -0.1) is 0 Å². The monoisotopic (exact) mass is 360 g/mol. The highest BCUT2D eigenvalue weighted by Gasteiger charge is 2.14. The average Bonchev–Trinajstić information content (AvgIpc) is 3.00. The molecule has 2 aromatic rings. The van der Waals surface area contributed by atoms with E-state index in [4.69, 9.17) is 9.47 Å². The molecule has 0 saturated heterocycles. The SMILES string of the molecule is C=C(NNC(=O)c1ccc(Br)cc1)c1ccc2c(c1)OCO2. The van der Waals surface area contributed by atoms with Gasteiger partial charge in [0.05, 0.1) is 5.70 Å². The molecule has 22 heavy (non-hydrogen) atoms. The number of ether oxygens (including phenoxy) is 2. The smallest absolute Gasteiger partial charge is 0.269 e. The van der Waals surface area contributed by atoms with E-state index in [0.29, 0.717) is 22.8 Å². The van der Waals surface area contributed by atoms with Crippen LogP contribution in [-0.2, 0) is 0 Å². The summed E-state index contributed by atoms with van der Waals surface area (Å²) in [5.41, 5.74) is 7.32. The minimum Gasteiger partial charge on any atom is -0.454 e. The quantitative estimate of drug-likeness (QED) is 0.822. The van der Waals surface area contributed by atoms with E-state index >= 15 is 0 Å². The Morgan fingerprint density at radius 1 is 1.00 bits per heavy atom. The maximum absolute atomic E-state index is 12.0. The molecule has 0 saturated carbocycles. The summed E-state index contributed by atoms with van der Waals surface area (Å²) < 4.78 is 11.5. The predicted molar refractivity (Wildman–Crippen MR) is 86.3 cm³/mol. The van der Waals surface area contributed by atoms with Gasteiger partial charge in [0.25, 0.3) is 5.91 Å². The lowest BCUT2D eigenvalue weighted by Gasteiger charge is -2.11. The third-order valence-electron chi connectivity index (χ3n) is 3.15. The second kappa shape index (κ2) is 6.11. The second-order valence-electron chi connectivity index (χ2n) is 4.63. The number of nitrogens with one attached hydrogen (secondary N) is 2. The van der Waals surface area contributed by atoms with E-state index in [1.807, 2.05) is 24.3 Å². The maximum Gasteiger partial charge on any atom is 0.269 e. The molecule has 0 fully saturated rings. The lowest BCUT2D eigenvalue weighted by Crippen LogP contribution is -2.35. The van der Waals surface area contributed by atoms with Gasteiger partial charge in [-0.3, -0.25) is 15.6 Å². The van der Waals surface area contributed by atoms with Gasteiger partial charge in [-0.1, -0.05) is 22.5 Å². The minimum absolute atomic E-state index is 0.221. The fourth-order valence-electron chi connectivity index (χ4n) is 1.96. The zero-order chi connectivity index (χ0) is 15.5. The van der Waals surface area contributed by atoms with Crippen LogP contribution in [0.3, 0.4) is 0 Å². The van der Waals surface area contributed by atoms with Crippen molar-refractivity contribution in [3.8, 4) is 11.5 Å². The van der Waals surface area contributed by atoms with E-state index in [2.05, 4.69) is 33.4 Å². The summed E-state index contributed by atoms with van der Waals surface area (Å²) in [7, 11) is 0. The van der Waals surface area contributed by atoms with Gasteiger partial charge in [0.2, 0.25) is 6.79 Å². The van der Waals surface area contributed by atoms with Crippen LogP contribution in [0.25, 0.3) is 5.70 Å². The molecule has 6 heteroatoms. The van der Waals surface area contributed by atoms with Crippen molar-refractivity contribution in [1.82, 2.24) is 10.9 Å². The normalized spacial score (nSPS) is 11.9. The number of carbonyl (C=O) groups excluding carboxylic acids is 1. The van der Waals surface area contributed by atoms with Gasteiger partial charge in [-0.05, 0) is 42.5 Å². The van der Waals surface area contributed by atoms with Crippen LogP contribution in [0, 0.1) is 0 Å². The van der Waals surface area contributed by atoms with Crippen LogP contribution in [0.15, 0.2) is 53.5 Å². The Balaban J connectivity index is 1.62. The first-order valence-corrected chi connectivity index (χ1v) is 7.33. The number of amides is 1. The second-order valence-corrected chi connectivity index (χ2v) is 5.55. The Morgan fingerprint density at radius 3 is 2.45 bits per heavy atom. The Labute approximate surface area is 136 Å². The van der Waals surface area contributed by atoms with Crippen LogP contribution >= 0.6 is 15.9 Å². The molecule has 0 aliphatic carbocycles. The highest BCUT2D eigenvalue weighted by Crippen LogP contribution is 2.33. The van der Waals surface area contributed by atoms with Crippen LogP contribution in [0.4, 0.5) is 0 Å². The number of halogens is 1. The average molecular weight is 361 g/mol. The Kier molecular flexibility index (Phi) is 4.02. The highest BCUT2D eigenvalue weighted by atomic mass is 79.9. The summed E-state index contributed by atoms with van der Waals surface area (Å²) in [5.74, 6) is 1.13. The third-order valence-corrected chi connectivity index (χ3v) is 3.68. The maximum atomic E-state index is 12.0. The Morgan fingerprint density at radius 2 is 1.68 bits per heavy atom. The van der Waals surface area contributed by atoms with E-state index in [1.54, 1.807) is 18.2 Å². The Bertz CT molecular complexity index is 729. The van der Waals surface area contributed by atoms with Gasteiger partial charge in [0.15, 0.2) is 11.5 Å². The molecular weight excluding hydrogens is 348 g/mol. The van der Waals surface area contributed by atoms with Crippen molar-refractivity contribution in [2.45, 2.75) is 0 Å². The van der Waals surface area contributed by atoms with E-state index in [0.717, 1.165) is 10.0 Å². The molecular formula is C16H13BrN2O3. The van der Waals surface area contributed by atoms with Gasteiger partial charge in [-0.2, -0.15) is 0 Å². The molecule has 3 rings (SSSR count). The molecule has 0 unspecified atom stereocenters.